The second-order valence-corrected chi connectivity index (χ2v) is 5.59. The van der Waals surface area contributed by atoms with Gasteiger partial charge in [-0.1, -0.05) is 11.6 Å². The Bertz CT molecular complexity index is 508. The maximum Gasteiger partial charge on any atom is 0.408 e. The molecule has 110 valence electrons. The molecule has 0 saturated heterocycles. The second-order valence-electron chi connectivity index (χ2n) is 5.16. The Morgan fingerprint density at radius 1 is 1.25 bits per heavy atom. The molecule has 1 aromatic carbocycles. The maximum absolute atomic E-state index is 12.0. The normalized spacial score (nSPS) is 10.8. The molecule has 0 spiro atoms. The van der Waals surface area contributed by atoms with Crippen molar-refractivity contribution in [2.75, 3.05) is 13.7 Å². The Hall–Kier alpha value is -1.75. The van der Waals surface area contributed by atoms with E-state index < -0.39 is 11.7 Å². The topological polar surface area (TPSA) is 64.6 Å². The van der Waals surface area contributed by atoms with Gasteiger partial charge in [-0.05, 0) is 39.0 Å². The highest BCUT2D eigenvalue weighted by molar-refractivity contribution is 6.31. The van der Waals surface area contributed by atoms with Crippen LogP contribution in [0.2, 0.25) is 5.02 Å². The third-order valence-corrected chi connectivity index (χ3v) is 2.44. The van der Waals surface area contributed by atoms with E-state index in [2.05, 4.69) is 5.32 Å². The fraction of sp³-hybridized carbons (Fsp3) is 0.429. The number of hydrogen-bond acceptors (Lipinski definition) is 4. The average Bonchev–Trinajstić information content (AvgIpc) is 2.33. The summed E-state index contributed by atoms with van der Waals surface area (Å²) in [5.41, 5.74) is -0.239. The Morgan fingerprint density at radius 2 is 1.90 bits per heavy atom. The number of Topliss-reactive ketones (excluding diaryl/α,β-unsaturated/α-hetero) is 1. The van der Waals surface area contributed by atoms with Crippen molar-refractivity contribution in [3.63, 3.8) is 0 Å². The number of methoxy groups -OCH3 is 1. The minimum absolute atomic E-state index is 0.168. The summed E-state index contributed by atoms with van der Waals surface area (Å²) in [5.74, 6) is 0.203. The summed E-state index contributed by atoms with van der Waals surface area (Å²) in [7, 11) is 1.48. The van der Waals surface area contributed by atoms with Crippen molar-refractivity contribution in [1.29, 1.82) is 0 Å². The van der Waals surface area contributed by atoms with E-state index in [0.717, 1.165) is 0 Å². The number of carbonyl (C=O) groups is 2. The van der Waals surface area contributed by atoms with Gasteiger partial charge in [0.2, 0.25) is 0 Å². The van der Waals surface area contributed by atoms with Crippen LogP contribution in [-0.4, -0.2) is 31.1 Å². The lowest BCUT2D eigenvalue weighted by Gasteiger charge is -2.19. The number of nitrogens with one attached hydrogen (secondary N) is 1. The summed E-state index contributed by atoms with van der Waals surface area (Å²) in [6.45, 7) is 5.07. The molecule has 0 aliphatic carbocycles. The smallest absolute Gasteiger partial charge is 0.408 e. The molecule has 1 rings (SSSR count). The lowest BCUT2D eigenvalue weighted by Crippen LogP contribution is -2.35. The zero-order valence-corrected chi connectivity index (χ0v) is 12.7. The minimum Gasteiger partial charge on any atom is -0.497 e. The number of rotatable bonds is 4. The van der Waals surface area contributed by atoms with E-state index in [9.17, 15) is 9.59 Å². The highest BCUT2D eigenvalue weighted by atomic mass is 35.5. The first-order chi connectivity index (χ1) is 9.21. The van der Waals surface area contributed by atoms with Crippen molar-refractivity contribution in [2.24, 2.45) is 0 Å². The van der Waals surface area contributed by atoms with Crippen LogP contribution in [0, 0.1) is 0 Å². The van der Waals surface area contributed by atoms with Gasteiger partial charge in [0.1, 0.15) is 11.4 Å². The molecule has 6 heteroatoms. The minimum atomic E-state index is -0.639. The molecule has 1 N–H and O–H groups in total. The predicted molar refractivity (Wildman–Crippen MR) is 76.6 cm³/mol. The van der Waals surface area contributed by atoms with Crippen LogP contribution in [0.1, 0.15) is 31.1 Å². The molecule has 0 aliphatic rings. The zero-order valence-electron chi connectivity index (χ0n) is 12.0. The Labute approximate surface area is 123 Å². The average molecular weight is 300 g/mol. The van der Waals surface area contributed by atoms with Gasteiger partial charge in [0.25, 0.3) is 0 Å². The summed E-state index contributed by atoms with van der Waals surface area (Å²) in [4.78, 5) is 23.4. The highest BCUT2D eigenvalue weighted by Crippen LogP contribution is 2.20. The number of halogens is 1. The molecule has 0 aliphatic heterocycles. The molecule has 0 heterocycles. The van der Waals surface area contributed by atoms with Crippen molar-refractivity contribution >= 4 is 23.5 Å². The van der Waals surface area contributed by atoms with Crippen LogP contribution >= 0.6 is 11.6 Å². The monoisotopic (exact) mass is 299 g/mol. The van der Waals surface area contributed by atoms with E-state index in [-0.39, 0.29) is 12.3 Å². The van der Waals surface area contributed by atoms with Gasteiger partial charge in [-0.15, -0.1) is 0 Å². The Kier molecular flexibility index (Phi) is 5.39. The van der Waals surface area contributed by atoms with Gasteiger partial charge in [-0.25, -0.2) is 4.79 Å². The molecule has 0 saturated carbocycles. The molecule has 0 bridgehead atoms. The van der Waals surface area contributed by atoms with Gasteiger partial charge < -0.3 is 14.8 Å². The summed E-state index contributed by atoms with van der Waals surface area (Å²) in [6.07, 6.45) is -0.639. The van der Waals surface area contributed by atoms with Crippen LogP contribution in [0.4, 0.5) is 4.79 Å². The van der Waals surface area contributed by atoms with Crippen LogP contribution < -0.4 is 10.1 Å². The third-order valence-electron chi connectivity index (χ3n) is 2.22. The molecule has 1 amide bonds. The van der Waals surface area contributed by atoms with E-state index >= 15 is 0 Å². The van der Waals surface area contributed by atoms with Gasteiger partial charge in [-0.2, -0.15) is 0 Å². The Balaban J connectivity index is 2.63. The van der Waals surface area contributed by atoms with Gasteiger partial charge in [0.05, 0.1) is 13.7 Å². The van der Waals surface area contributed by atoms with E-state index in [1.807, 2.05) is 0 Å². The molecule has 0 unspecified atom stereocenters. The molecular formula is C14H18ClNO4. The Morgan fingerprint density at radius 3 is 2.45 bits per heavy atom. The summed E-state index contributed by atoms with van der Waals surface area (Å²) < 4.78 is 10.1. The van der Waals surface area contributed by atoms with E-state index in [0.29, 0.717) is 16.3 Å². The van der Waals surface area contributed by atoms with Crippen LogP contribution in [0.25, 0.3) is 0 Å². The van der Waals surface area contributed by atoms with Crippen LogP contribution in [0.15, 0.2) is 18.2 Å². The van der Waals surface area contributed by atoms with E-state index in [4.69, 9.17) is 21.1 Å². The van der Waals surface area contributed by atoms with E-state index in [1.165, 1.54) is 13.2 Å². The van der Waals surface area contributed by atoms with E-state index in [1.54, 1.807) is 32.9 Å². The lowest BCUT2D eigenvalue weighted by atomic mass is 10.1. The first-order valence-corrected chi connectivity index (χ1v) is 6.43. The second kappa shape index (κ2) is 6.61. The third kappa shape index (κ3) is 5.48. The van der Waals surface area contributed by atoms with Crippen molar-refractivity contribution in [1.82, 2.24) is 5.32 Å². The number of hydrogen-bond donors (Lipinski definition) is 1. The fourth-order valence-corrected chi connectivity index (χ4v) is 1.64. The largest absolute Gasteiger partial charge is 0.497 e. The first kappa shape index (κ1) is 16.3. The zero-order chi connectivity index (χ0) is 15.3. The summed E-state index contributed by atoms with van der Waals surface area (Å²) in [5, 5.41) is 2.79. The molecule has 1 aromatic rings. The molecule has 20 heavy (non-hydrogen) atoms. The molecule has 0 atom stereocenters. The van der Waals surface area contributed by atoms with Gasteiger partial charge in [-0.3, -0.25) is 4.79 Å². The number of alkyl carbamates (subject to hydrolysis) is 1. The lowest BCUT2D eigenvalue weighted by molar-refractivity contribution is 0.0520. The van der Waals surface area contributed by atoms with Crippen molar-refractivity contribution in [3.8, 4) is 5.75 Å². The SMILES string of the molecule is COc1cc(Cl)cc(C(=O)CNC(=O)OC(C)(C)C)c1. The van der Waals surface area contributed by atoms with Crippen LogP contribution in [-0.2, 0) is 4.74 Å². The van der Waals surface area contributed by atoms with Gasteiger partial charge in [0.15, 0.2) is 5.78 Å². The van der Waals surface area contributed by atoms with Crippen molar-refractivity contribution < 1.29 is 19.1 Å². The van der Waals surface area contributed by atoms with Crippen LogP contribution in [0.5, 0.6) is 5.75 Å². The van der Waals surface area contributed by atoms with Crippen molar-refractivity contribution in [2.45, 2.75) is 26.4 Å². The van der Waals surface area contributed by atoms with Crippen LogP contribution in [0.3, 0.4) is 0 Å². The molecule has 0 fully saturated rings. The number of benzene rings is 1. The number of amides is 1. The van der Waals surface area contributed by atoms with Gasteiger partial charge >= 0.3 is 6.09 Å². The first-order valence-electron chi connectivity index (χ1n) is 6.06. The number of ketones is 1. The maximum atomic E-state index is 12.0. The predicted octanol–water partition coefficient (Wildman–Crippen LogP) is 3.06. The quantitative estimate of drug-likeness (QED) is 0.868. The standard InChI is InChI=1S/C14H18ClNO4/c1-14(2,3)20-13(18)16-8-12(17)9-5-10(15)7-11(6-9)19-4/h5-7H,8H2,1-4H3,(H,16,18). The number of ether oxygens (including phenoxy) is 2. The van der Waals surface area contributed by atoms with Gasteiger partial charge in [0, 0.05) is 10.6 Å². The fourth-order valence-electron chi connectivity index (χ4n) is 1.41. The summed E-state index contributed by atoms with van der Waals surface area (Å²) in [6, 6.07) is 4.67. The number of carbonyl (C=O) groups excluding carboxylic acids is 2. The van der Waals surface area contributed by atoms with Crippen molar-refractivity contribution in [3.05, 3.63) is 28.8 Å². The molecule has 0 radical (unpaired) electrons. The molecule has 5 nitrogen and oxygen atoms in total. The highest BCUT2D eigenvalue weighted by Gasteiger charge is 2.17. The summed E-state index contributed by atoms with van der Waals surface area (Å²) >= 11 is 5.88. The molecular weight excluding hydrogens is 282 g/mol. The molecule has 0 aromatic heterocycles.